The van der Waals surface area contributed by atoms with Crippen LogP contribution in [-0.2, 0) is 6.54 Å². The van der Waals surface area contributed by atoms with Crippen LogP contribution in [0.3, 0.4) is 0 Å². The minimum atomic E-state index is -0.412. The highest BCUT2D eigenvalue weighted by Crippen LogP contribution is 2.21. The second-order valence-electron chi connectivity index (χ2n) is 3.79. The second-order valence-corrected chi connectivity index (χ2v) is 4.20. The highest BCUT2D eigenvalue weighted by atomic mass is 35.5. The molecule has 0 aliphatic rings. The number of hydrogen-bond acceptors (Lipinski definition) is 2. The molecule has 0 spiro atoms. The summed E-state index contributed by atoms with van der Waals surface area (Å²) in [7, 11) is 0. The van der Waals surface area contributed by atoms with Crippen molar-refractivity contribution in [2.45, 2.75) is 6.54 Å². The van der Waals surface area contributed by atoms with E-state index in [1.165, 1.54) is 12.1 Å². The van der Waals surface area contributed by atoms with Crippen molar-refractivity contribution in [3.63, 3.8) is 0 Å². The van der Waals surface area contributed by atoms with E-state index >= 15 is 0 Å². The highest BCUT2D eigenvalue weighted by Gasteiger charge is 2.02. The Labute approximate surface area is 110 Å². The molecule has 0 atom stereocenters. The maximum absolute atomic E-state index is 13.2. The standard InChI is InChI=1S/C14H10ClFN2/c15-13-3-1-2-4-14(13)18-9-11-5-10(8-17)6-12(16)7-11/h1-7,18H,9H2. The lowest BCUT2D eigenvalue weighted by atomic mass is 10.1. The molecule has 0 bridgehead atoms. The first-order valence-electron chi connectivity index (χ1n) is 5.37. The Morgan fingerprint density at radius 1 is 1.22 bits per heavy atom. The van der Waals surface area contributed by atoms with Crippen molar-refractivity contribution in [1.29, 1.82) is 5.26 Å². The zero-order valence-corrected chi connectivity index (χ0v) is 10.2. The van der Waals surface area contributed by atoms with Crippen LogP contribution in [0.5, 0.6) is 0 Å². The molecule has 0 unspecified atom stereocenters. The van der Waals surface area contributed by atoms with E-state index in [0.29, 0.717) is 22.7 Å². The number of hydrogen-bond donors (Lipinski definition) is 1. The third-order valence-electron chi connectivity index (χ3n) is 2.44. The highest BCUT2D eigenvalue weighted by molar-refractivity contribution is 6.33. The molecule has 0 amide bonds. The summed E-state index contributed by atoms with van der Waals surface area (Å²) >= 11 is 5.99. The Hall–Kier alpha value is -2.05. The van der Waals surface area contributed by atoms with E-state index in [-0.39, 0.29) is 0 Å². The van der Waals surface area contributed by atoms with Gasteiger partial charge in [-0.1, -0.05) is 23.7 Å². The van der Waals surface area contributed by atoms with E-state index in [2.05, 4.69) is 5.32 Å². The lowest BCUT2D eigenvalue weighted by molar-refractivity contribution is 0.625. The molecule has 2 aromatic rings. The third-order valence-corrected chi connectivity index (χ3v) is 2.77. The first-order valence-corrected chi connectivity index (χ1v) is 5.75. The fourth-order valence-electron chi connectivity index (χ4n) is 1.62. The van der Waals surface area contributed by atoms with Crippen LogP contribution < -0.4 is 5.32 Å². The van der Waals surface area contributed by atoms with E-state index in [1.807, 2.05) is 24.3 Å². The third kappa shape index (κ3) is 2.99. The number of anilines is 1. The van der Waals surface area contributed by atoms with Crippen LogP contribution in [0.1, 0.15) is 11.1 Å². The summed E-state index contributed by atoms with van der Waals surface area (Å²) in [6.07, 6.45) is 0. The normalized spacial score (nSPS) is 9.83. The van der Waals surface area contributed by atoms with Crippen LogP contribution in [0.25, 0.3) is 0 Å². The van der Waals surface area contributed by atoms with Gasteiger partial charge < -0.3 is 5.32 Å². The summed E-state index contributed by atoms with van der Waals surface area (Å²) in [5, 5.41) is 12.5. The molecule has 18 heavy (non-hydrogen) atoms. The SMILES string of the molecule is N#Cc1cc(F)cc(CNc2ccccc2Cl)c1. The molecular formula is C14H10ClFN2. The molecule has 0 saturated heterocycles. The summed E-state index contributed by atoms with van der Waals surface area (Å²) in [4.78, 5) is 0. The minimum Gasteiger partial charge on any atom is -0.380 e. The van der Waals surface area contributed by atoms with Gasteiger partial charge in [-0.3, -0.25) is 0 Å². The van der Waals surface area contributed by atoms with E-state index < -0.39 is 5.82 Å². The number of rotatable bonds is 3. The van der Waals surface area contributed by atoms with Crippen LogP contribution in [-0.4, -0.2) is 0 Å². The monoisotopic (exact) mass is 260 g/mol. The van der Waals surface area contributed by atoms with Gasteiger partial charge in [0, 0.05) is 6.54 Å². The van der Waals surface area contributed by atoms with Gasteiger partial charge in [0.2, 0.25) is 0 Å². The summed E-state index contributed by atoms with van der Waals surface area (Å²) in [5.74, 6) is -0.412. The lowest BCUT2D eigenvalue weighted by Crippen LogP contribution is -2.00. The van der Waals surface area contributed by atoms with Crippen molar-refractivity contribution in [1.82, 2.24) is 0 Å². The first kappa shape index (κ1) is 12.4. The average Bonchev–Trinajstić information content (AvgIpc) is 2.37. The minimum absolute atomic E-state index is 0.311. The largest absolute Gasteiger partial charge is 0.380 e. The maximum atomic E-state index is 13.2. The van der Waals surface area contributed by atoms with Gasteiger partial charge in [0.25, 0.3) is 0 Å². The molecule has 0 aromatic heterocycles. The first-order chi connectivity index (χ1) is 8.69. The van der Waals surface area contributed by atoms with Gasteiger partial charge in [0.05, 0.1) is 22.3 Å². The summed E-state index contributed by atoms with van der Waals surface area (Å²) < 4.78 is 13.2. The molecule has 2 aromatic carbocycles. The van der Waals surface area contributed by atoms with Crippen molar-refractivity contribution in [3.05, 3.63) is 64.4 Å². The molecule has 1 N–H and O–H groups in total. The van der Waals surface area contributed by atoms with Crippen LogP contribution >= 0.6 is 11.6 Å². The number of benzene rings is 2. The fraction of sp³-hybridized carbons (Fsp3) is 0.0714. The van der Waals surface area contributed by atoms with Crippen molar-refractivity contribution < 1.29 is 4.39 Å². The van der Waals surface area contributed by atoms with Crippen LogP contribution in [0.2, 0.25) is 5.02 Å². The molecule has 0 saturated carbocycles. The molecule has 90 valence electrons. The Balaban J connectivity index is 2.14. The lowest BCUT2D eigenvalue weighted by Gasteiger charge is -2.08. The van der Waals surface area contributed by atoms with Gasteiger partial charge >= 0.3 is 0 Å². The maximum Gasteiger partial charge on any atom is 0.124 e. The molecule has 2 rings (SSSR count). The van der Waals surface area contributed by atoms with Crippen molar-refractivity contribution >= 4 is 17.3 Å². The Bertz CT molecular complexity index is 605. The van der Waals surface area contributed by atoms with Gasteiger partial charge in [-0.2, -0.15) is 5.26 Å². The predicted molar refractivity (Wildman–Crippen MR) is 69.9 cm³/mol. The summed E-state index contributed by atoms with van der Waals surface area (Å²) in [6.45, 7) is 0.413. The molecule has 4 heteroatoms. The zero-order valence-electron chi connectivity index (χ0n) is 9.45. The topological polar surface area (TPSA) is 35.8 Å². The number of nitriles is 1. The molecule has 0 aliphatic carbocycles. The van der Waals surface area contributed by atoms with Gasteiger partial charge in [-0.25, -0.2) is 4.39 Å². The number of para-hydroxylation sites is 1. The molecule has 0 radical (unpaired) electrons. The molecule has 0 fully saturated rings. The van der Waals surface area contributed by atoms with Crippen molar-refractivity contribution in [3.8, 4) is 6.07 Å². The number of halogens is 2. The number of nitrogens with zero attached hydrogens (tertiary/aromatic N) is 1. The summed E-state index contributed by atoms with van der Waals surface area (Å²) in [6, 6.07) is 13.5. The zero-order chi connectivity index (χ0) is 13.0. The average molecular weight is 261 g/mol. The second kappa shape index (κ2) is 5.52. The van der Waals surface area contributed by atoms with Crippen LogP contribution in [0, 0.1) is 17.1 Å². The Morgan fingerprint density at radius 2 is 2.00 bits per heavy atom. The van der Waals surface area contributed by atoms with E-state index in [0.717, 1.165) is 5.69 Å². The Morgan fingerprint density at radius 3 is 2.72 bits per heavy atom. The van der Waals surface area contributed by atoms with Crippen LogP contribution in [0.4, 0.5) is 10.1 Å². The predicted octanol–water partition coefficient (Wildman–Crippen LogP) is 3.96. The molecular weight excluding hydrogens is 251 g/mol. The molecule has 2 nitrogen and oxygen atoms in total. The van der Waals surface area contributed by atoms with Gasteiger partial charge in [-0.05, 0) is 35.9 Å². The van der Waals surface area contributed by atoms with Crippen molar-refractivity contribution in [2.24, 2.45) is 0 Å². The number of nitrogens with one attached hydrogen (secondary N) is 1. The van der Waals surface area contributed by atoms with E-state index in [9.17, 15) is 4.39 Å². The quantitative estimate of drug-likeness (QED) is 0.907. The smallest absolute Gasteiger partial charge is 0.124 e. The summed E-state index contributed by atoms with van der Waals surface area (Å²) in [5.41, 5.74) is 1.79. The van der Waals surface area contributed by atoms with Gasteiger partial charge in [0.1, 0.15) is 5.82 Å². The Kier molecular flexibility index (Phi) is 3.81. The van der Waals surface area contributed by atoms with Crippen LogP contribution in [0.15, 0.2) is 42.5 Å². The van der Waals surface area contributed by atoms with E-state index in [1.54, 1.807) is 12.1 Å². The van der Waals surface area contributed by atoms with E-state index in [4.69, 9.17) is 16.9 Å². The molecule has 0 heterocycles. The van der Waals surface area contributed by atoms with Crippen molar-refractivity contribution in [2.75, 3.05) is 5.32 Å². The fourth-order valence-corrected chi connectivity index (χ4v) is 1.82. The molecule has 0 aliphatic heterocycles. The van der Waals surface area contributed by atoms with Gasteiger partial charge in [0.15, 0.2) is 0 Å². The van der Waals surface area contributed by atoms with Gasteiger partial charge in [-0.15, -0.1) is 0 Å².